The molecular formula is C29H25ClN2O6. The fourth-order valence-corrected chi connectivity index (χ4v) is 3.91. The van der Waals surface area contributed by atoms with E-state index >= 15 is 0 Å². The summed E-state index contributed by atoms with van der Waals surface area (Å²) in [7, 11) is 0. The molecule has 0 aliphatic carbocycles. The number of carbonyl (C=O) groups is 4. The number of halogens is 1. The van der Waals surface area contributed by atoms with E-state index < -0.39 is 23.8 Å². The van der Waals surface area contributed by atoms with E-state index in [2.05, 4.69) is 5.32 Å². The number of aryl methyl sites for hydroxylation is 1. The molecule has 8 nitrogen and oxygen atoms in total. The van der Waals surface area contributed by atoms with Gasteiger partial charge in [-0.25, -0.2) is 14.5 Å². The standard InChI is InChI=1S/C29H25ClN2O6/c1-4-16-37-28(35)19-10-14-22(15-11-19)32-26(33)24(30)25(27(32)34)31-21-12-8-20(9-13-21)29(36)38-23-7-5-6-17(2)18(23)3/h5-15,31H,4,16H2,1-3H3. The van der Waals surface area contributed by atoms with Crippen LogP contribution in [-0.4, -0.2) is 30.4 Å². The van der Waals surface area contributed by atoms with Gasteiger partial charge in [0.1, 0.15) is 16.5 Å². The van der Waals surface area contributed by atoms with Gasteiger partial charge in [0.15, 0.2) is 0 Å². The van der Waals surface area contributed by atoms with Crippen LogP contribution >= 0.6 is 11.6 Å². The Kier molecular flexibility index (Phi) is 7.93. The van der Waals surface area contributed by atoms with Crippen molar-refractivity contribution in [3.8, 4) is 5.75 Å². The summed E-state index contributed by atoms with van der Waals surface area (Å²) in [6.07, 6.45) is 0.695. The van der Waals surface area contributed by atoms with Gasteiger partial charge >= 0.3 is 11.9 Å². The maximum Gasteiger partial charge on any atom is 0.343 e. The molecule has 0 saturated heterocycles. The lowest BCUT2D eigenvalue weighted by Gasteiger charge is -2.15. The molecule has 3 aromatic rings. The minimum Gasteiger partial charge on any atom is -0.462 e. The third-order valence-electron chi connectivity index (χ3n) is 5.97. The van der Waals surface area contributed by atoms with E-state index in [0.29, 0.717) is 35.6 Å². The average Bonchev–Trinajstić information content (AvgIpc) is 3.13. The summed E-state index contributed by atoms with van der Waals surface area (Å²) in [4.78, 5) is 51.4. The van der Waals surface area contributed by atoms with E-state index in [9.17, 15) is 19.2 Å². The van der Waals surface area contributed by atoms with E-state index in [0.717, 1.165) is 16.0 Å². The number of carbonyl (C=O) groups excluding carboxylic acids is 4. The van der Waals surface area contributed by atoms with E-state index in [-0.39, 0.29) is 16.4 Å². The Bertz CT molecular complexity index is 1440. The second-order valence-electron chi connectivity index (χ2n) is 8.61. The summed E-state index contributed by atoms with van der Waals surface area (Å²) in [6, 6.07) is 17.6. The van der Waals surface area contributed by atoms with Gasteiger partial charge in [0.05, 0.1) is 23.4 Å². The fraction of sp³-hybridized carbons (Fsp3) is 0.172. The fourth-order valence-electron chi connectivity index (χ4n) is 3.70. The van der Waals surface area contributed by atoms with Crippen molar-refractivity contribution in [3.05, 3.63) is 99.7 Å². The van der Waals surface area contributed by atoms with Gasteiger partial charge in [-0.3, -0.25) is 9.59 Å². The molecule has 0 spiro atoms. The second-order valence-corrected chi connectivity index (χ2v) is 8.99. The van der Waals surface area contributed by atoms with Crippen LogP contribution in [0, 0.1) is 13.8 Å². The molecule has 0 saturated carbocycles. The number of imide groups is 1. The molecule has 194 valence electrons. The Balaban J connectivity index is 1.45. The van der Waals surface area contributed by atoms with Crippen molar-refractivity contribution < 1.29 is 28.7 Å². The molecule has 0 fully saturated rings. The number of ether oxygens (including phenoxy) is 2. The molecule has 1 N–H and O–H groups in total. The van der Waals surface area contributed by atoms with E-state index in [1.54, 1.807) is 30.3 Å². The average molecular weight is 533 g/mol. The Labute approximate surface area is 224 Å². The molecule has 0 unspecified atom stereocenters. The largest absolute Gasteiger partial charge is 0.462 e. The van der Waals surface area contributed by atoms with Crippen molar-refractivity contribution in [2.24, 2.45) is 0 Å². The minimum absolute atomic E-state index is 0.103. The molecule has 1 aliphatic rings. The summed E-state index contributed by atoms with van der Waals surface area (Å²) >= 11 is 6.21. The number of hydrogen-bond donors (Lipinski definition) is 1. The van der Waals surface area contributed by atoms with Crippen molar-refractivity contribution >= 4 is 46.7 Å². The van der Waals surface area contributed by atoms with Gasteiger partial charge in [0.25, 0.3) is 11.8 Å². The number of amides is 2. The molecule has 0 radical (unpaired) electrons. The van der Waals surface area contributed by atoms with Crippen LogP contribution < -0.4 is 15.0 Å². The monoisotopic (exact) mass is 532 g/mol. The topological polar surface area (TPSA) is 102 Å². The first-order valence-electron chi connectivity index (χ1n) is 11.9. The molecule has 0 atom stereocenters. The van der Waals surface area contributed by atoms with Crippen molar-refractivity contribution in [1.29, 1.82) is 0 Å². The zero-order chi connectivity index (χ0) is 27.4. The van der Waals surface area contributed by atoms with Crippen molar-refractivity contribution in [1.82, 2.24) is 0 Å². The number of rotatable bonds is 8. The number of nitrogens with zero attached hydrogens (tertiary/aromatic N) is 1. The van der Waals surface area contributed by atoms with Gasteiger partial charge in [-0.05, 0) is 86.0 Å². The third-order valence-corrected chi connectivity index (χ3v) is 6.32. The molecule has 3 aromatic carbocycles. The number of benzene rings is 3. The summed E-state index contributed by atoms with van der Waals surface area (Å²) in [5.74, 6) is -1.88. The Morgan fingerprint density at radius 3 is 2.16 bits per heavy atom. The number of esters is 2. The molecule has 0 bridgehead atoms. The second kappa shape index (κ2) is 11.3. The summed E-state index contributed by atoms with van der Waals surface area (Å²) in [5.41, 5.74) is 3.09. The van der Waals surface area contributed by atoms with E-state index in [1.807, 2.05) is 32.9 Å². The van der Waals surface area contributed by atoms with Crippen molar-refractivity contribution in [2.45, 2.75) is 27.2 Å². The lowest BCUT2D eigenvalue weighted by molar-refractivity contribution is -0.120. The van der Waals surface area contributed by atoms with Gasteiger partial charge in [-0.2, -0.15) is 0 Å². The summed E-state index contributed by atoms with van der Waals surface area (Å²) < 4.78 is 10.6. The molecule has 9 heteroatoms. The Hall–Kier alpha value is -4.43. The lowest BCUT2D eigenvalue weighted by atomic mass is 10.1. The van der Waals surface area contributed by atoms with Gasteiger partial charge < -0.3 is 14.8 Å². The smallest absolute Gasteiger partial charge is 0.343 e. The Morgan fingerprint density at radius 2 is 1.50 bits per heavy atom. The van der Waals surface area contributed by atoms with Crippen molar-refractivity contribution in [3.63, 3.8) is 0 Å². The number of hydrogen-bond acceptors (Lipinski definition) is 7. The van der Waals surface area contributed by atoms with Crippen LogP contribution in [0.2, 0.25) is 0 Å². The predicted octanol–water partition coefficient (Wildman–Crippen LogP) is 5.53. The molecule has 1 heterocycles. The van der Waals surface area contributed by atoms with E-state index in [4.69, 9.17) is 21.1 Å². The van der Waals surface area contributed by atoms with Crippen LogP contribution in [0.4, 0.5) is 11.4 Å². The Morgan fingerprint density at radius 1 is 0.868 bits per heavy atom. The highest BCUT2D eigenvalue weighted by Crippen LogP contribution is 2.30. The van der Waals surface area contributed by atoms with Gasteiger partial charge in [-0.1, -0.05) is 30.7 Å². The molecule has 38 heavy (non-hydrogen) atoms. The number of anilines is 2. The minimum atomic E-state index is -0.700. The zero-order valence-corrected chi connectivity index (χ0v) is 21.8. The van der Waals surface area contributed by atoms with Crippen LogP contribution in [0.25, 0.3) is 0 Å². The summed E-state index contributed by atoms with van der Waals surface area (Å²) in [5, 5.41) is 2.59. The predicted molar refractivity (Wildman–Crippen MR) is 143 cm³/mol. The molecule has 2 amide bonds. The normalized spacial score (nSPS) is 13.1. The zero-order valence-electron chi connectivity index (χ0n) is 21.0. The molecule has 4 rings (SSSR count). The number of nitrogens with one attached hydrogen (secondary N) is 1. The van der Waals surface area contributed by atoms with E-state index in [1.165, 1.54) is 24.3 Å². The lowest BCUT2D eigenvalue weighted by Crippen LogP contribution is -2.32. The first-order chi connectivity index (χ1) is 18.2. The van der Waals surface area contributed by atoms with Crippen LogP contribution in [-0.2, 0) is 14.3 Å². The first-order valence-corrected chi connectivity index (χ1v) is 12.3. The SMILES string of the molecule is CCCOC(=O)c1ccc(N2C(=O)C(Cl)=C(Nc3ccc(C(=O)Oc4cccc(C)c4C)cc3)C2=O)cc1. The van der Waals surface area contributed by atoms with Crippen LogP contribution in [0.15, 0.2) is 77.5 Å². The quantitative estimate of drug-likeness (QED) is 0.231. The van der Waals surface area contributed by atoms with Crippen LogP contribution in [0.1, 0.15) is 45.2 Å². The van der Waals surface area contributed by atoms with Crippen LogP contribution in [0.5, 0.6) is 5.75 Å². The van der Waals surface area contributed by atoms with Gasteiger partial charge in [-0.15, -0.1) is 0 Å². The highest BCUT2D eigenvalue weighted by atomic mass is 35.5. The molecule has 1 aliphatic heterocycles. The van der Waals surface area contributed by atoms with Gasteiger partial charge in [0.2, 0.25) is 0 Å². The maximum absolute atomic E-state index is 13.1. The maximum atomic E-state index is 13.1. The van der Waals surface area contributed by atoms with Gasteiger partial charge in [0, 0.05) is 5.69 Å². The van der Waals surface area contributed by atoms with Crippen LogP contribution in [0.3, 0.4) is 0 Å². The summed E-state index contributed by atoms with van der Waals surface area (Å²) in [6.45, 7) is 6.00. The third kappa shape index (κ3) is 5.45. The van der Waals surface area contributed by atoms with Crippen molar-refractivity contribution in [2.75, 3.05) is 16.8 Å². The highest BCUT2D eigenvalue weighted by Gasteiger charge is 2.39. The first kappa shape index (κ1) is 26.6. The molecular weight excluding hydrogens is 508 g/mol. The molecule has 0 aromatic heterocycles. The highest BCUT2D eigenvalue weighted by molar-refractivity contribution is 6.53.